The number of rotatable bonds is 3. The fraction of sp³-hybridized carbons (Fsp3) is 0.278. The van der Waals surface area contributed by atoms with Crippen LogP contribution in [0.3, 0.4) is 0 Å². The number of amides is 2. The zero-order valence-corrected chi connectivity index (χ0v) is 13.9. The second-order valence-electron chi connectivity index (χ2n) is 5.72. The van der Waals surface area contributed by atoms with Crippen molar-refractivity contribution in [2.75, 3.05) is 18.4 Å². The van der Waals surface area contributed by atoms with Crippen molar-refractivity contribution < 1.29 is 9.59 Å². The molecule has 24 heavy (non-hydrogen) atoms. The molecule has 0 aliphatic carbocycles. The van der Waals surface area contributed by atoms with Gasteiger partial charge < -0.3 is 10.2 Å². The Bertz CT molecular complexity index is 757. The van der Waals surface area contributed by atoms with E-state index in [1.807, 2.05) is 0 Å². The minimum atomic E-state index is -0.321. The highest BCUT2D eigenvalue weighted by molar-refractivity contribution is 6.33. The van der Waals surface area contributed by atoms with Crippen molar-refractivity contribution in [2.24, 2.45) is 0 Å². The van der Waals surface area contributed by atoms with Gasteiger partial charge in [0.1, 0.15) is 5.69 Å². The third-order valence-electron chi connectivity index (χ3n) is 4.01. The summed E-state index contributed by atoms with van der Waals surface area (Å²) in [6.45, 7) is 1.49. The van der Waals surface area contributed by atoms with Gasteiger partial charge in [-0.15, -0.1) is 0 Å². The number of nitrogens with one attached hydrogen (secondary N) is 1. The van der Waals surface area contributed by atoms with Crippen molar-refractivity contribution in [3.63, 3.8) is 0 Å². The second-order valence-corrected chi connectivity index (χ2v) is 6.12. The average molecular weight is 344 g/mol. The van der Waals surface area contributed by atoms with Gasteiger partial charge in [0.2, 0.25) is 0 Å². The first-order chi connectivity index (χ1) is 11.6. The van der Waals surface area contributed by atoms with E-state index in [-0.39, 0.29) is 11.8 Å². The topological polar surface area (TPSA) is 62.3 Å². The summed E-state index contributed by atoms with van der Waals surface area (Å²) in [5, 5.41) is 3.21. The minimum Gasteiger partial charge on any atom is -0.337 e. The number of nitrogens with zero attached hydrogens (tertiary/aromatic N) is 2. The number of pyridine rings is 1. The predicted molar refractivity (Wildman–Crippen MR) is 93.4 cm³/mol. The van der Waals surface area contributed by atoms with Crippen LogP contribution in [0.2, 0.25) is 5.02 Å². The normalized spacial score (nSPS) is 14.3. The van der Waals surface area contributed by atoms with Crippen LogP contribution in [0.1, 0.15) is 40.1 Å². The lowest BCUT2D eigenvalue weighted by Crippen LogP contribution is -2.36. The summed E-state index contributed by atoms with van der Waals surface area (Å²) in [4.78, 5) is 30.8. The van der Waals surface area contributed by atoms with E-state index >= 15 is 0 Å². The molecular formula is C18H18ClN3O2. The highest BCUT2D eigenvalue weighted by Crippen LogP contribution is 2.21. The van der Waals surface area contributed by atoms with E-state index in [0.29, 0.717) is 22.0 Å². The fourth-order valence-electron chi connectivity index (χ4n) is 2.70. The summed E-state index contributed by atoms with van der Waals surface area (Å²) >= 11 is 6.05. The van der Waals surface area contributed by atoms with E-state index in [0.717, 1.165) is 32.4 Å². The van der Waals surface area contributed by atoms with E-state index in [1.54, 1.807) is 35.2 Å². The van der Waals surface area contributed by atoms with Gasteiger partial charge in [-0.2, -0.15) is 0 Å². The third-order valence-corrected chi connectivity index (χ3v) is 4.34. The number of hydrogen-bond donors (Lipinski definition) is 1. The summed E-state index contributed by atoms with van der Waals surface area (Å²) in [5.41, 5.74) is 1.21. The fourth-order valence-corrected chi connectivity index (χ4v) is 2.89. The molecule has 0 spiro atoms. The van der Waals surface area contributed by atoms with Gasteiger partial charge in [0.15, 0.2) is 0 Å². The molecule has 124 valence electrons. The van der Waals surface area contributed by atoms with E-state index in [1.165, 1.54) is 12.3 Å². The molecule has 0 bridgehead atoms. The number of aromatic nitrogens is 1. The number of carbonyl (C=O) groups is 2. The van der Waals surface area contributed by atoms with E-state index < -0.39 is 0 Å². The Hall–Kier alpha value is -2.40. The van der Waals surface area contributed by atoms with Gasteiger partial charge in [0, 0.05) is 24.8 Å². The molecule has 0 atom stereocenters. The van der Waals surface area contributed by atoms with Gasteiger partial charge in [-0.3, -0.25) is 14.6 Å². The molecule has 0 saturated carbocycles. The maximum atomic E-state index is 12.5. The number of piperidine rings is 1. The molecule has 1 aromatic heterocycles. The van der Waals surface area contributed by atoms with Crippen LogP contribution in [0.5, 0.6) is 0 Å². The molecule has 2 amide bonds. The Morgan fingerprint density at radius 2 is 1.83 bits per heavy atom. The first-order valence-electron chi connectivity index (χ1n) is 7.96. The third kappa shape index (κ3) is 3.74. The van der Waals surface area contributed by atoms with Crippen molar-refractivity contribution in [1.29, 1.82) is 0 Å². The highest BCUT2D eigenvalue weighted by atomic mass is 35.5. The molecule has 6 heteroatoms. The molecule has 1 aliphatic rings. The van der Waals surface area contributed by atoms with E-state index in [4.69, 9.17) is 11.6 Å². The Morgan fingerprint density at radius 3 is 2.58 bits per heavy atom. The Morgan fingerprint density at radius 1 is 1.08 bits per heavy atom. The number of carbonyl (C=O) groups excluding carboxylic acids is 2. The lowest BCUT2D eigenvalue weighted by atomic mass is 10.1. The first kappa shape index (κ1) is 16.5. The monoisotopic (exact) mass is 343 g/mol. The number of benzene rings is 1. The maximum Gasteiger partial charge on any atom is 0.272 e. The van der Waals surface area contributed by atoms with Gasteiger partial charge in [-0.25, -0.2) is 0 Å². The molecule has 5 nitrogen and oxygen atoms in total. The largest absolute Gasteiger partial charge is 0.337 e. The van der Waals surface area contributed by atoms with Crippen molar-refractivity contribution in [2.45, 2.75) is 19.3 Å². The van der Waals surface area contributed by atoms with Crippen LogP contribution in [0, 0.1) is 0 Å². The molecule has 2 heterocycles. The number of anilines is 1. The van der Waals surface area contributed by atoms with Crippen LogP contribution in [0.4, 0.5) is 5.69 Å². The quantitative estimate of drug-likeness (QED) is 0.926. The zero-order chi connectivity index (χ0) is 16.9. The maximum absolute atomic E-state index is 12.5. The summed E-state index contributed by atoms with van der Waals surface area (Å²) in [7, 11) is 0. The summed E-state index contributed by atoms with van der Waals surface area (Å²) in [6, 6.07) is 10.1. The van der Waals surface area contributed by atoms with Crippen LogP contribution in [0.15, 0.2) is 42.6 Å². The zero-order valence-electron chi connectivity index (χ0n) is 13.2. The van der Waals surface area contributed by atoms with Crippen molar-refractivity contribution in [1.82, 2.24) is 9.88 Å². The first-order valence-corrected chi connectivity index (χ1v) is 8.34. The van der Waals surface area contributed by atoms with Gasteiger partial charge in [-0.05, 0) is 43.5 Å². The molecule has 1 fully saturated rings. The summed E-state index contributed by atoms with van der Waals surface area (Å²) in [5.74, 6) is -0.444. The summed E-state index contributed by atoms with van der Waals surface area (Å²) in [6.07, 6.45) is 4.66. The van der Waals surface area contributed by atoms with Gasteiger partial charge in [-0.1, -0.05) is 23.7 Å². The van der Waals surface area contributed by atoms with Crippen molar-refractivity contribution >= 4 is 29.1 Å². The standard InChI is InChI=1S/C18H18ClN3O2/c19-14-6-2-3-7-15(14)21-17(23)13-8-9-20-16(12-13)18(24)22-10-4-1-5-11-22/h2-3,6-9,12H,1,4-5,10-11H2,(H,21,23). The predicted octanol–water partition coefficient (Wildman–Crippen LogP) is 3.61. The number of likely N-dealkylation sites (tertiary alicyclic amines) is 1. The molecule has 1 aliphatic heterocycles. The van der Waals surface area contributed by atoms with Gasteiger partial charge in [0.25, 0.3) is 11.8 Å². The molecule has 2 aromatic rings. The average Bonchev–Trinajstić information content (AvgIpc) is 2.64. The molecule has 0 unspecified atom stereocenters. The molecule has 3 rings (SSSR count). The Labute approximate surface area is 145 Å². The van der Waals surface area contributed by atoms with E-state index in [2.05, 4.69) is 10.3 Å². The van der Waals surface area contributed by atoms with Crippen LogP contribution in [-0.4, -0.2) is 34.8 Å². The van der Waals surface area contributed by atoms with Gasteiger partial charge in [0.05, 0.1) is 10.7 Å². The van der Waals surface area contributed by atoms with Crippen LogP contribution in [0.25, 0.3) is 0 Å². The van der Waals surface area contributed by atoms with Crippen LogP contribution >= 0.6 is 11.6 Å². The van der Waals surface area contributed by atoms with E-state index in [9.17, 15) is 9.59 Å². The molecule has 1 saturated heterocycles. The molecule has 0 radical (unpaired) electrons. The number of para-hydroxylation sites is 1. The van der Waals surface area contributed by atoms with Crippen LogP contribution in [-0.2, 0) is 0 Å². The summed E-state index contributed by atoms with van der Waals surface area (Å²) < 4.78 is 0. The highest BCUT2D eigenvalue weighted by Gasteiger charge is 2.20. The second kappa shape index (κ2) is 7.45. The smallest absolute Gasteiger partial charge is 0.272 e. The Balaban J connectivity index is 1.76. The molecule has 1 N–H and O–H groups in total. The lowest BCUT2D eigenvalue weighted by Gasteiger charge is -2.26. The lowest BCUT2D eigenvalue weighted by molar-refractivity contribution is 0.0718. The Kier molecular flexibility index (Phi) is 5.11. The minimum absolute atomic E-state index is 0.123. The molecular weight excluding hydrogens is 326 g/mol. The number of hydrogen-bond acceptors (Lipinski definition) is 3. The van der Waals surface area contributed by atoms with Crippen LogP contribution < -0.4 is 5.32 Å². The van der Waals surface area contributed by atoms with Gasteiger partial charge >= 0.3 is 0 Å². The van der Waals surface area contributed by atoms with Crippen molar-refractivity contribution in [3.05, 3.63) is 58.9 Å². The van der Waals surface area contributed by atoms with Crippen molar-refractivity contribution in [3.8, 4) is 0 Å². The number of halogens is 1. The SMILES string of the molecule is O=C(Nc1ccccc1Cl)c1ccnc(C(=O)N2CCCCC2)c1. The molecule has 1 aromatic carbocycles.